The van der Waals surface area contributed by atoms with Crippen LogP contribution in [0.15, 0.2) is 0 Å². The average Bonchev–Trinajstić information content (AvgIpc) is 2.68. The van der Waals surface area contributed by atoms with E-state index < -0.39 is 5.97 Å². The lowest BCUT2D eigenvalue weighted by Crippen LogP contribution is -2.25. The summed E-state index contributed by atoms with van der Waals surface area (Å²) in [5.41, 5.74) is 0. The van der Waals surface area contributed by atoms with Gasteiger partial charge in [0.05, 0.1) is 0 Å². The molecule has 0 saturated heterocycles. The van der Waals surface area contributed by atoms with Gasteiger partial charge in [-0.25, -0.2) is 0 Å². The van der Waals surface area contributed by atoms with Gasteiger partial charge in [0.1, 0.15) is 0 Å². The normalized spacial score (nSPS) is 28.9. The predicted molar refractivity (Wildman–Crippen MR) is 115 cm³/mol. The third kappa shape index (κ3) is 9.48. The van der Waals surface area contributed by atoms with Crippen LogP contribution in [0.1, 0.15) is 129 Å². The van der Waals surface area contributed by atoms with E-state index in [1.165, 1.54) is 103 Å². The highest BCUT2D eigenvalue weighted by atomic mass is 16.4. The van der Waals surface area contributed by atoms with Gasteiger partial charge >= 0.3 is 5.97 Å². The van der Waals surface area contributed by atoms with Crippen LogP contribution in [0, 0.1) is 23.7 Å². The monoisotopic (exact) mass is 378 g/mol. The van der Waals surface area contributed by atoms with Crippen LogP contribution in [0.2, 0.25) is 0 Å². The molecule has 2 aliphatic rings. The van der Waals surface area contributed by atoms with Gasteiger partial charge in [-0.05, 0) is 55.8 Å². The van der Waals surface area contributed by atoms with E-state index in [9.17, 15) is 4.79 Å². The van der Waals surface area contributed by atoms with Crippen LogP contribution in [-0.4, -0.2) is 11.1 Å². The van der Waals surface area contributed by atoms with Crippen molar-refractivity contribution in [2.24, 2.45) is 23.7 Å². The molecule has 2 aliphatic carbocycles. The Morgan fingerprint density at radius 1 is 0.667 bits per heavy atom. The zero-order valence-electron chi connectivity index (χ0n) is 18.1. The van der Waals surface area contributed by atoms with Crippen LogP contribution in [0.3, 0.4) is 0 Å². The fourth-order valence-corrected chi connectivity index (χ4v) is 5.82. The second-order valence-corrected chi connectivity index (χ2v) is 9.76. The molecule has 0 spiro atoms. The lowest BCUT2D eigenvalue weighted by atomic mass is 9.68. The Morgan fingerprint density at radius 3 is 1.56 bits per heavy atom. The lowest BCUT2D eigenvalue weighted by Gasteiger charge is -2.38. The molecule has 0 aromatic heterocycles. The molecule has 2 fully saturated rings. The predicted octanol–water partition coefficient (Wildman–Crippen LogP) is 7.99. The fourth-order valence-electron chi connectivity index (χ4n) is 5.82. The van der Waals surface area contributed by atoms with Crippen molar-refractivity contribution < 1.29 is 9.90 Å². The Balaban J connectivity index is 1.50. The molecular formula is C25H46O2. The summed E-state index contributed by atoms with van der Waals surface area (Å²) >= 11 is 0. The maximum Gasteiger partial charge on any atom is 0.303 e. The van der Waals surface area contributed by atoms with Gasteiger partial charge in [0.2, 0.25) is 0 Å². The average molecular weight is 379 g/mol. The highest BCUT2D eigenvalue weighted by molar-refractivity contribution is 5.66. The molecular weight excluding hydrogens is 332 g/mol. The molecule has 0 heterocycles. The Morgan fingerprint density at radius 2 is 1.11 bits per heavy atom. The molecule has 0 bridgehead atoms. The Labute approximate surface area is 168 Å². The van der Waals surface area contributed by atoms with Crippen molar-refractivity contribution in [3.8, 4) is 0 Å². The number of carbonyl (C=O) groups is 1. The van der Waals surface area contributed by atoms with E-state index in [1.54, 1.807) is 0 Å². The van der Waals surface area contributed by atoms with E-state index in [1.807, 2.05) is 0 Å². The van der Waals surface area contributed by atoms with E-state index in [0.717, 1.165) is 36.5 Å². The first-order valence-electron chi connectivity index (χ1n) is 12.4. The lowest BCUT2D eigenvalue weighted by molar-refractivity contribution is -0.137. The smallest absolute Gasteiger partial charge is 0.303 e. The van der Waals surface area contributed by atoms with Crippen LogP contribution < -0.4 is 0 Å². The van der Waals surface area contributed by atoms with Gasteiger partial charge in [0, 0.05) is 6.42 Å². The van der Waals surface area contributed by atoms with Crippen molar-refractivity contribution >= 4 is 5.97 Å². The van der Waals surface area contributed by atoms with Crippen molar-refractivity contribution in [2.45, 2.75) is 129 Å². The summed E-state index contributed by atoms with van der Waals surface area (Å²) < 4.78 is 0. The first kappa shape index (κ1) is 22.8. The largest absolute Gasteiger partial charge is 0.481 e. The number of aliphatic carboxylic acids is 1. The minimum atomic E-state index is -0.637. The van der Waals surface area contributed by atoms with Gasteiger partial charge in [-0.15, -0.1) is 0 Å². The van der Waals surface area contributed by atoms with Crippen molar-refractivity contribution in [1.29, 1.82) is 0 Å². The summed E-state index contributed by atoms with van der Waals surface area (Å²) in [5, 5.41) is 8.70. The van der Waals surface area contributed by atoms with Crippen molar-refractivity contribution in [2.75, 3.05) is 0 Å². The van der Waals surface area contributed by atoms with Gasteiger partial charge in [0.15, 0.2) is 0 Å². The molecule has 2 nitrogen and oxygen atoms in total. The quantitative estimate of drug-likeness (QED) is 0.330. The number of carboxylic acid groups (broad SMARTS) is 1. The minimum absolute atomic E-state index is 0.355. The van der Waals surface area contributed by atoms with E-state index in [2.05, 4.69) is 6.92 Å². The van der Waals surface area contributed by atoms with Crippen molar-refractivity contribution in [3.05, 3.63) is 0 Å². The number of hydrogen-bond donors (Lipinski definition) is 1. The number of hydrogen-bond acceptors (Lipinski definition) is 1. The highest BCUT2D eigenvalue weighted by Gasteiger charge is 2.30. The molecule has 2 rings (SSSR count). The van der Waals surface area contributed by atoms with Crippen LogP contribution >= 0.6 is 0 Å². The molecule has 0 radical (unpaired) electrons. The summed E-state index contributed by atoms with van der Waals surface area (Å²) in [6, 6.07) is 0. The molecule has 0 unspecified atom stereocenters. The van der Waals surface area contributed by atoms with E-state index >= 15 is 0 Å². The van der Waals surface area contributed by atoms with E-state index in [4.69, 9.17) is 5.11 Å². The molecule has 0 atom stereocenters. The van der Waals surface area contributed by atoms with Crippen molar-refractivity contribution in [3.63, 3.8) is 0 Å². The van der Waals surface area contributed by atoms with Crippen LogP contribution in [-0.2, 0) is 4.79 Å². The number of rotatable bonds is 13. The Hall–Kier alpha value is -0.530. The van der Waals surface area contributed by atoms with Crippen LogP contribution in [0.5, 0.6) is 0 Å². The number of unbranched alkanes of at least 4 members (excludes halogenated alkanes) is 6. The SMILES string of the molecule is CCCCCCC[C@H]1CC[C@H](C2CCC(CCCCCC(=O)O)CC2)CC1. The standard InChI is InChI=1S/C25H46O2/c1-2-3-4-5-7-10-21-13-17-23(18-14-21)24-19-15-22(16-20-24)11-8-6-9-12-25(26)27/h21-24H,2-20H2,1H3,(H,26,27)/t21-,22?,23-,24?. The summed E-state index contributed by atoms with van der Waals surface area (Å²) in [4.78, 5) is 10.6. The fraction of sp³-hybridized carbons (Fsp3) is 0.960. The first-order chi connectivity index (χ1) is 13.2. The van der Waals surface area contributed by atoms with Gasteiger partial charge < -0.3 is 5.11 Å². The molecule has 1 N–H and O–H groups in total. The maximum absolute atomic E-state index is 10.6. The van der Waals surface area contributed by atoms with E-state index in [0.29, 0.717) is 6.42 Å². The molecule has 2 saturated carbocycles. The van der Waals surface area contributed by atoms with Gasteiger partial charge in [-0.1, -0.05) is 90.4 Å². The molecule has 158 valence electrons. The summed E-state index contributed by atoms with van der Waals surface area (Å²) in [6.45, 7) is 2.30. The maximum atomic E-state index is 10.6. The Kier molecular flexibility index (Phi) is 11.5. The number of carboxylic acids is 1. The zero-order chi connectivity index (χ0) is 19.3. The van der Waals surface area contributed by atoms with Gasteiger partial charge in [0.25, 0.3) is 0 Å². The first-order valence-corrected chi connectivity index (χ1v) is 12.4. The molecule has 0 aliphatic heterocycles. The second kappa shape index (κ2) is 13.6. The van der Waals surface area contributed by atoms with Gasteiger partial charge in [-0.2, -0.15) is 0 Å². The minimum Gasteiger partial charge on any atom is -0.481 e. The topological polar surface area (TPSA) is 37.3 Å². The van der Waals surface area contributed by atoms with Crippen molar-refractivity contribution in [1.82, 2.24) is 0 Å². The summed E-state index contributed by atoms with van der Waals surface area (Å²) in [6.07, 6.45) is 25.5. The molecule has 27 heavy (non-hydrogen) atoms. The molecule has 2 heteroatoms. The van der Waals surface area contributed by atoms with Gasteiger partial charge in [-0.3, -0.25) is 4.79 Å². The third-order valence-corrected chi connectivity index (χ3v) is 7.67. The third-order valence-electron chi connectivity index (χ3n) is 7.67. The Bertz CT molecular complexity index is 376. The van der Waals surface area contributed by atoms with Crippen LogP contribution in [0.25, 0.3) is 0 Å². The molecule has 0 aromatic carbocycles. The zero-order valence-corrected chi connectivity index (χ0v) is 18.1. The van der Waals surface area contributed by atoms with Crippen LogP contribution in [0.4, 0.5) is 0 Å². The molecule has 0 amide bonds. The summed E-state index contributed by atoms with van der Waals surface area (Å²) in [7, 11) is 0. The molecule has 0 aromatic rings. The highest BCUT2D eigenvalue weighted by Crippen LogP contribution is 2.43. The summed E-state index contributed by atoms with van der Waals surface area (Å²) in [5.74, 6) is 3.41. The van der Waals surface area contributed by atoms with E-state index in [-0.39, 0.29) is 0 Å². The second-order valence-electron chi connectivity index (χ2n) is 9.76.